The fourth-order valence-corrected chi connectivity index (χ4v) is 10.5. The second-order valence-electron chi connectivity index (χ2n) is 16.5. The fourth-order valence-electron chi connectivity index (χ4n) is 6.17. The van der Waals surface area contributed by atoms with Gasteiger partial charge in [-0.05, 0) is 81.5 Å². The molecule has 0 amide bonds. The highest BCUT2D eigenvalue weighted by atomic mass is 127. The van der Waals surface area contributed by atoms with E-state index in [-0.39, 0.29) is 28.5 Å². The first kappa shape index (κ1) is 37.4. The largest absolute Gasteiger partial charge is 0.496 e. The molecule has 0 bridgehead atoms. The molecule has 1 aliphatic heterocycles. The molecule has 0 aliphatic carbocycles. The van der Waals surface area contributed by atoms with Crippen LogP contribution in [0.25, 0.3) is 0 Å². The predicted molar refractivity (Wildman–Crippen MR) is 204 cm³/mol. The Bertz CT molecular complexity index is 1560. The van der Waals surface area contributed by atoms with E-state index in [1.54, 1.807) is 14.2 Å². The molecule has 0 N–H and O–H groups in total. The van der Waals surface area contributed by atoms with E-state index in [4.69, 9.17) is 23.7 Å². The van der Waals surface area contributed by atoms with Crippen LogP contribution in [-0.4, -0.2) is 27.6 Å². The molecule has 6 nitrogen and oxygen atoms in total. The van der Waals surface area contributed by atoms with Crippen molar-refractivity contribution < 1.29 is 28.2 Å². The van der Waals surface area contributed by atoms with E-state index >= 15 is 4.57 Å². The molecule has 0 atom stereocenters. The van der Waals surface area contributed by atoms with Crippen LogP contribution in [-0.2, 0) is 26.2 Å². The lowest BCUT2D eigenvalue weighted by Gasteiger charge is -2.34. The number of benzene rings is 3. The highest BCUT2D eigenvalue weighted by Crippen LogP contribution is 2.54. The first-order valence-electron chi connectivity index (χ1n) is 16.3. The van der Waals surface area contributed by atoms with Gasteiger partial charge in [-0.1, -0.05) is 83.1 Å². The van der Waals surface area contributed by atoms with Gasteiger partial charge in [0, 0.05) is 38.2 Å². The van der Waals surface area contributed by atoms with Crippen LogP contribution in [0.15, 0.2) is 30.3 Å². The molecule has 0 unspecified atom stereocenters. The Morgan fingerprint density at radius 2 is 1.02 bits per heavy atom. The summed E-state index contributed by atoms with van der Waals surface area (Å²) in [6.45, 7) is 28.5. The molecule has 3 aromatic rings. The zero-order valence-electron chi connectivity index (χ0n) is 31.1. The molecule has 258 valence electrons. The summed E-state index contributed by atoms with van der Waals surface area (Å²) in [5.74, 6) is 3.30. The smallest absolute Gasteiger partial charge is 0.231 e. The van der Waals surface area contributed by atoms with Crippen molar-refractivity contribution in [3.8, 4) is 28.7 Å². The second kappa shape index (κ2) is 12.8. The molecule has 1 aliphatic rings. The maximum Gasteiger partial charge on any atom is 0.231 e. The number of fused-ring (bicyclic) bond motifs is 1. The summed E-state index contributed by atoms with van der Waals surface area (Å²) in [6.07, 6.45) is 0. The van der Waals surface area contributed by atoms with Gasteiger partial charge in [-0.2, -0.15) is 0 Å². The van der Waals surface area contributed by atoms with Gasteiger partial charge >= 0.3 is 0 Å². The second-order valence-corrected chi connectivity index (χ2v) is 20.3. The van der Waals surface area contributed by atoms with E-state index in [0.717, 1.165) is 47.9 Å². The van der Waals surface area contributed by atoms with Crippen LogP contribution in [0.5, 0.6) is 28.7 Å². The lowest BCUT2D eigenvalue weighted by molar-refractivity contribution is 0.169. The summed E-state index contributed by atoms with van der Waals surface area (Å²) in [7, 11) is -0.227. The van der Waals surface area contributed by atoms with Crippen LogP contribution in [0.1, 0.15) is 112 Å². The van der Waals surface area contributed by atoms with Crippen LogP contribution in [0.3, 0.4) is 0 Å². The van der Waals surface area contributed by atoms with E-state index < -0.39 is 7.14 Å². The zero-order chi connectivity index (χ0) is 35.5. The zero-order valence-corrected chi connectivity index (χ0v) is 34.1. The maximum atomic E-state index is 16.9. The monoisotopic (exact) mass is 776 g/mol. The first-order chi connectivity index (χ1) is 21.5. The van der Waals surface area contributed by atoms with Crippen molar-refractivity contribution in [3.63, 3.8) is 0 Å². The Kier molecular flexibility index (Phi) is 10.2. The Morgan fingerprint density at radius 3 is 1.34 bits per heavy atom. The summed E-state index contributed by atoms with van der Waals surface area (Å²) < 4.78 is 47.9. The van der Waals surface area contributed by atoms with Crippen molar-refractivity contribution in [1.82, 2.24) is 0 Å². The van der Waals surface area contributed by atoms with Crippen molar-refractivity contribution in [1.29, 1.82) is 0 Å². The molecule has 1 heterocycles. The number of rotatable bonds is 7. The molecule has 0 aromatic heterocycles. The molecule has 8 heteroatoms. The normalized spacial score (nSPS) is 14.0. The van der Waals surface area contributed by atoms with Gasteiger partial charge in [-0.25, -0.2) is 0 Å². The lowest BCUT2D eigenvalue weighted by Crippen LogP contribution is -2.32. The molecule has 4 rings (SSSR count). The Labute approximate surface area is 296 Å². The minimum Gasteiger partial charge on any atom is -0.496 e. The van der Waals surface area contributed by atoms with Crippen molar-refractivity contribution >= 4 is 45.6 Å². The van der Waals surface area contributed by atoms with E-state index in [0.29, 0.717) is 29.2 Å². The number of hydrogen-bond acceptors (Lipinski definition) is 6. The van der Waals surface area contributed by atoms with Crippen molar-refractivity contribution in [2.75, 3.05) is 27.6 Å². The van der Waals surface area contributed by atoms with Crippen LogP contribution >= 0.6 is 29.7 Å². The molecule has 0 spiro atoms. The highest BCUT2D eigenvalue weighted by molar-refractivity contribution is 14.1. The quantitative estimate of drug-likeness (QED) is 0.176. The first-order valence-corrected chi connectivity index (χ1v) is 19.1. The summed E-state index contributed by atoms with van der Waals surface area (Å²) in [5, 5.41) is 2.12. The highest BCUT2D eigenvalue weighted by Gasteiger charge is 2.41. The van der Waals surface area contributed by atoms with Gasteiger partial charge in [0.25, 0.3) is 0 Å². The van der Waals surface area contributed by atoms with Crippen molar-refractivity contribution in [2.45, 2.75) is 112 Å². The third-order valence-corrected chi connectivity index (χ3v) is 13.2. The maximum absolute atomic E-state index is 16.9. The van der Waals surface area contributed by atoms with Gasteiger partial charge in [-0.15, -0.1) is 0 Å². The molecule has 0 saturated heterocycles. The minimum atomic E-state index is -3.68. The topological polar surface area (TPSA) is 63.2 Å². The summed E-state index contributed by atoms with van der Waals surface area (Å²) in [6, 6.07) is 10.3. The molecule has 3 aromatic carbocycles. The molecule has 0 radical (unpaired) electrons. The van der Waals surface area contributed by atoms with Crippen LogP contribution < -0.4 is 39.6 Å². The Morgan fingerprint density at radius 1 is 0.660 bits per heavy atom. The van der Waals surface area contributed by atoms with Crippen LogP contribution in [0, 0.1) is 3.57 Å². The number of halogens is 1. The van der Waals surface area contributed by atoms with Crippen molar-refractivity contribution in [3.05, 3.63) is 56.2 Å². The third-order valence-electron chi connectivity index (χ3n) is 8.68. The summed E-state index contributed by atoms with van der Waals surface area (Å²) >= 11 is 2.28. The SMILES string of the molecule is CCOc1cc(P(=O)(c2cc(C(C)(C)C)c(OC)c(C(C)(C)C)c2)c2cc(C(C)(C)C)c(OC)c(C(C)(C)C)c2)c(I)c2c1OCO2. The number of methoxy groups -OCH3 is 2. The van der Waals surface area contributed by atoms with E-state index in [1.807, 2.05) is 13.0 Å². The van der Waals surface area contributed by atoms with Gasteiger partial charge < -0.3 is 28.2 Å². The predicted octanol–water partition coefficient (Wildman–Crippen LogP) is 9.27. The lowest BCUT2D eigenvalue weighted by atomic mass is 9.79. The standard InChI is InChI=1S/C39H54IO6P/c1-16-44-29-21-30(31(40)35-34(29)45-22-46-35)47(41,23-17-25(36(2,3)4)32(42-14)26(18-23)37(5,6)7)24-19-27(38(8,9)10)33(43-15)28(20-24)39(11,12)13/h17-21H,16,22H2,1-15H3. The Hall–Kier alpha value is -2.38. The van der Waals surface area contributed by atoms with Crippen LogP contribution in [0.4, 0.5) is 0 Å². The van der Waals surface area contributed by atoms with Gasteiger partial charge in [0.2, 0.25) is 12.5 Å². The van der Waals surface area contributed by atoms with E-state index in [9.17, 15) is 0 Å². The number of ether oxygens (including phenoxy) is 5. The molecule has 0 fully saturated rings. The van der Waals surface area contributed by atoms with Gasteiger partial charge in [-0.3, -0.25) is 0 Å². The van der Waals surface area contributed by atoms with Gasteiger partial charge in [0.15, 0.2) is 18.6 Å². The number of hydrogen-bond donors (Lipinski definition) is 0. The summed E-state index contributed by atoms with van der Waals surface area (Å²) in [5.41, 5.74) is 2.84. The fraction of sp³-hybridized carbons (Fsp3) is 0.538. The molecular weight excluding hydrogens is 722 g/mol. The van der Waals surface area contributed by atoms with Gasteiger partial charge in [0.05, 0.1) is 24.4 Å². The average molecular weight is 777 g/mol. The Balaban J connectivity index is 2.33. The minimum absolute atomic E-state index is 0.0783. The van der Waals surface area contributed by atoms with E-state index in [1.165, 1.54) is 0 Å². The average Bonchev–Trinajstić information content (AvgIpc) is 3.46. The van der Waals surface area contributed by atoms with E-state index in [2.05, 4.69) is 130 Å². The molecule has 0 saturated carbocycles. The molecular formula is C39H54IO6P. The van der Waals surface area contributed by atoms with Crippen LogP contribution in [0.2, 0.25) is 0 Å². The third kappa shape index (κ3) is 6.90. The molecule has 47 heavy (non-hydrogen) atoms. The van der Waals surface area contributed by atoms with Gasteiger partial charge in [0.1, 0.15) is 11.5 Å². The van der Waals surface area contributed by atoms with Crippen molar-refractivity contribution in [2.24, 2.45) is 0 Å². The summed E-state index contributed by atoms with van der Waals surface area (Å²) in [4.78, 5) is 0.